The average molecular weight is 426 g/mol. The molecule has 1 saturated carbocycles. The third-order valence-corrected chi connectivity index (χ3v) is 6.32. The van der Waals surface area contributed by atoms with Crippen LogP contribution in [0.3, 0.4) is 0 Å². The number of likely N-dealkylation sites (tertiary alicyclic amines) is 1. The molecule has 1 unspecified atom stereocenters. The number of anilines is 1. The van der Waals surface area contributed by atoms with Crippen LogP contribution in [0.4, 0.5) is 23.7 Å². The number of nitrogens with one attached hydrogen (secondary N) is 2. The number of nitrogens with two attached hydrogens (primary N) is 1. The molecular formula is C21H29F3N4O2. The van der Waals surface area contributed by atoms with Crippen LogP contribution in [0.5, 0.6) is 0 Å². The molecule has 1 saturated heterocycles. The van der Waals surface area contributed by atoms with Gasteiger partial charge in [0.2, 0.25) is 5.91 Å². The number of rotatable bonds is 5. The molecule has 1 aromatic rings. The molecule has 4 N–H and O–H groups in total. The van der Waals surface area contributed by atoms with Gasteiger partial charge < -0.3 is 21.3 Å². The lowest BCUT2D eigenvalue weighted by Crippen LogP contribution is -2.49. The van der Waals surface area contributed by atoms with Crippen LogP contribution in [0, 0.1) is 23.5 Å². The van der Waals surface area contributed by atoms with E-state index in [0.717, 1.165) is 18.9 Å². The molecule has 166 valence electrons. The van der Waals surface area contributed by atoms with E-state index < -0.39 is 29.9 Å². The Morgan fingerprint density at radius 3 is 2.47 bits per heavy atom. The molecule has 1 aromatic carbocycles. The number of carbonyl (C=O) groups is 2. The van der Waals surface area contributed by atoms with E-state index in [0.29, 0.717) is 31.9 Å². The maximum absolute atomic E-state index is 13.7. The number of carbonyl (C=O) groups excluding carboxylic acids is 2. The predicted octanol–water partition coefficient (Wildman–Crippen LogP) is 3.18. The maximum atomic E-state index is 13.7. The topological polar surface area (TPSA) is 87.5 Å². The van der Waals surface area contributed by atoms with E-state index in [1.807, 2.05) is 6.92 Å². The normalized spacial score (nSPS) is 26.2. The number of urea groups is 1. The van der Waals surface area contributed by atoms with Gasteiger partial charge in [-0.15, -0.1) is 0 Å². The van der Waals surface area contributed by atoms with Gasteiger partial charge in [-0.3, -0.25) is 4.79 Å². The second-order valence-electron chi connectivity index (χ2n) is 8.39. The van der Waals surface area contributed by atoms with Crippen LogP contribution in [0.2, 0.25) is 0 Å². The lowest BCUT2D eigenvalue weighted by atomic mass is 9.76. The lowest BCUT2D eigenvalue weighted by Gasteiger charge is -2.35. The third-order valence-electron chi connectivity index (χ3n) is 6.32. The molecule has 0 bridgehead atoms. The van der Waals surface area contributed by atoms with Gasteiger partial charge in [-0.2, -0.15) is 0 Å². The van der Waals surface area contributed by atoms with Gasteiger partial charge in [0, 0.05) is 18.7 Å². The number of alkyl halides is 1. The zero-order valence-electron chi connectivity index (χ0n) is 17.0. The fraction of sp³-hybridized carbons (Fsp3) is 0.619. The molecule has 0 radical (unpaired) electrons. The summed E-state index contributed by atoms with van der Waals surface area (Å²) in [7, 11) is 0. The van der Waals surface area contributed by atoms with Crippen molar-refractivity contribution in [2.75, 3.05) is 18.4 Å². The highest BCUT2D eigenvalue weighted by Gasteiger charge is 2.36. The first-order valence-corrected chi connectivity index (χ1v) is 10.5. The summed E-state index contributed by atoms with van der Waals surface area (Å²) in [5.74, 6) is -1.54. The predicted molar refractivity (Wildman–Crippen MR) is 107 cm³/mol. The van der Waals surface area contributed by atoms with Crippen LogP contribution in [0.25, 0.3) is 0 Å². The largest absolute Gasteiger partial charge is 0.338 e. The Bertz CT molecular complexity index is 771. The van der Waals surface area contributed by atoms with Crippen LogP contribution < -0.4 is 16.4 Å². The number of nitrogens with zero attached hydrogens (tertiary/aromatic N) is 1. The lowest BCUT2D eigenvalue weighted by molar-refractivity contribution is -0.133. The highest BCUT2D eigenvalue weighted by Crippen LogP contribution is 2.32. The zero-order valence-corrected chi connectivity index (χ0v) is 17.0. The Balaban J connectivity index is 1.44. The molecule has 1 heterocycles. The van der Waals surface area contributed by atoms with Crippen LogP contribution in [-0.2, 0) is 4.79 Å². The van der Waals surface area contributed by atoms with E-state index in [2.05, 4.69) is 10.6 Å². The standard InChI is InChI=1S/C21H29F3N4O2/c1-12(19(25)20(29)28-9-8-15(23)11-28)13-2-5-16(6-3-13)26-21(30)27-18-7-4-14(22)10-17(18)24/h4,7,10,12-13,15-16,19H,2-3,5-6,8-9,11,25H2,1H3,(H2,26,27,30)/t12-,13?,15-,16?,19?/m0/s1. The quantitative estimate of drug-likeness (QED) is 0.676. The van der Waals surface area contributed by atoms with Gasteiger partial charge in [-0.1, -0.05) is 6.92 Å². The van der Waals surface area contributed by atoms with Gasteiger partial charge in [-0.25, -0.2) is 18.0 Å². The van der Waals surface area contributed by atoms with Crippen molar-refractivity contribution in [3.63, 3.8) is 0 Å². The minimum absolute atomic E-state index is 0.0424. The van der Waals surface area contributed by atoms with Crippen molar-refractivity contribution in [3.05, 3.63) is 29.8 Å². The number of hydrogen-bond acceptors (Lipinski definition) is 3. The van der Waals surface area contributed by atoms with E-state index in [1.54, 1.807) is 0 Å². The van der Waals surface area contributed by atoms with Crippen molar-refractivity contribution in [2.24, 2.45) is 17.6 Å². The SMILES string of the molecule is C[C@@H](C1CCC(NC(=O)Nc2ccc(F)cc2F)CC1)C(N)C(=O)N1CC[C@H](F)C1. The van der Waals surface area contributed by atoms with Crippen molar-refractivity contribution >= 4 is 17.6 Å². The number of benzene rings is 1. The first-order chi connectivity index (χ1) is 14.2. The second kappa shape index (κ2) is 9.68. The van der Waals surface area contributed by atoms with Crippen molar-refractivity contribution in [1.82, 2.24) is 10.2 Å². The fourth-order valence-electron chi connectivity index (χ4n) is 4.37. The Kier molecular flexibility index (Phi) is 7.23. The number of hydrogen-bond donors (Lipinski definition) is 3. The van der Waals surface area contributed by atoms with E-state index in [1.165, 1.54) is 11.0 Å². The van der Waals surface area contributed by atoms with Crippen molar-refractivity contribution in [2.45, 2.75) is 57.3 Å². The minimum Gasteiger partial charge on any atom is -0.338 e. The summed E-state index contributed by atoms with van der Waals surface area (Å²) < 4.78 is 40.0. The van der Waals surface area contributed by atoms with Crippen LogP contribution in [0.1, 0.15) is 39.0 Å². The first-order valence-electron chi connectivity index (χ1n) is 10.5. The Morgan fingerprint density at radius 1 is 1.17 bits per heavy atom. The van der Waals surface area contributed by atoms with Crippen molar-refractivity contribution < 1.29 is 22.8 Å². The molecular weight excluding hydrogens is 397 g/mol. The summed E-state index contributed by atoms with van der Waals surface area (Å²) in [6, 6.07) is 1.68. The molecule has 3 atom stereocenters. The Hall–Kier alpha value is -2.29. The second-order valence-corrected chi connectivity index (χ2v) is 8.39. The highest BCUT2D eigenvalue weighted by atomic mass is 19.1. The smallest absolute Gasteiger partial charge is 0.319 e. The van der Waals surface area contributed by atoms with Crippen LogP contribution in [-0.4, -0.2) is 48.2 Å². The van der Waals surface area contributed by atoms with E-state index in [-0.39, 0.29) is 36.0 Å². The Morgan fingerprint density at radius 2 is 1.87 bits per heavy atom. The molecule has 30 heavy (non-hydrogen) atoms. The molecule has 9 heteroatoms. The zero-order chi connectivity index (χ0) is 21.8. The van der Waals surface area contributed by atoms with Gasteiger partial charge in [-0.05, 0) is 56.1 Å². The summed E-state index contributed by atoms with van der Waals surface area (Å²) in [5, 5.41) is 5.21. The molecule has 3 amide bonds. The molecule has 1 aliphatic carbocycles. The average Bonchev–Trinajstić information content (AvgIpc) is 3.15. The molecule has 2 aliphatic rings. The molecule has 6 nitrogen and oxygen atoms in total. The molecule has 1 aliphatic heterocycles. The fourth-order valence-corrected chi connectivity index (χ4v) is 4.37. The molecule has 0 spiro atoms. The van der Waals surface area contributed by atoms with E-state index in [9.17, 15) is 22.8 Å². The third kappa shape index (κ3) is 5.44. The van der Waals surface area contributed by atoms with Gasteiger partial charge in [0.05, 0.1) is 18.3 Å². The van der Waals surface area contributed by atoms with Gasteiger partial charge in [0.25, 0.3) is 0 Å². The van der Waals surface area contributed by atoms with Crippen LogP contribution in [0.15, 0.2) is 18.2 Å². The summed E-state index contributed by atoms with van der Waals surface area (Å²) >= 11 is 0. The summed E-state index contributed by atoms with van der Waals surface area (Å²) in [6.45, 7) is 2.49. The van der Waals surface area contributed by atoms with Gasteiger partial charge >= 0.3 is 6.03 Å². The molecule has 0 aromatic heterocycles. The minimum atomic E-state index is -0.965. The molecule has 2 fully saturated rings. The summed E-state index contributed by atoms with van der Waals surface area (Å²) in [6.07, 6.45) is 2.42. The number of halogens is 3. The van der Waals surface area contributed by atoms with Crippen molar-refractivity contribution in [3.8, 4) is 0 Å². The maximum Gasteiger partial charge on any atom is 0.319 e. The van der Waals surface area contributed by atoms with Crippen molar-refractivity contribution in [1.29, 1.82) is 0 Å². The monoisotopic (exact) mass is 426 g/mol. The van der Waals surface area contributed by atoms with Gasteiger partial charge in [0.1, 0.15) is 17.8 Å². The summed E-state index contributed by atoms with van der Waals surface area (Å²) in [5.41, 5.74) is 6.10. The summed E-state index contributed by atoms with van der Waals surface area (Å²) in [4.78, 5) is 26.2. The van der Waals surface area contributed by atoms with E-state index >= 15 is 0 Å². The number of amides is 3. The molecule has 3 rings (SSSR count). The van der Waals surface area contributed by atoms with E-state index in [4.69, 9.17) is 5.73 Å². The highest BCUT2D eigenvalue weighted by molar-refractivity contribution is 5.89. The van der Waals surface area contributed by atoms with Crippen LogP contribution >= 0.6 is 0 Å². The Labute approximate surface area is 174 Å². The first kappa shape index (κ1) is 22.4. The van der Waals surface area contributed by atoms with Gasteiger partial charge in [0.15, 0.2) is 0 Å².